The van der Waals surface area contributed by atoms with Crippen LogP contribution in [0.15, 0.2) is 66.0 Å². The fourth-order valence-corrected chi connectivity index (χ4v) is 4.37. The molecular formula is C21H20FNOS2. The van der Waals surface area contributed by atoms with Crippen molar-refractivity contribution in [2.75, 3.05) is 5.75 Å². The minimum absolute atomic E-state index is 0.0219. The molecule has 5 heteroatoms. The summed E-state index contributed by atoms with van der Waals surface area (Å²) in [4.78, 5) is 13.5. The van der Waals surface area contributed by atoms with Crippen molar-refractivity contribution in [2.45, 2.75) is 18.7 Å². The summed E-state index contributed by atoms with van der Waals surface area (Å²) in [5.74, 6) is 0.891. The lowest BCUT2D eigenvalue weighted by Crippen LogP contribution is -2.30. The smallest absolute Gasteiger partial charge is 0.230 e. The van der Waals surface area contributed by atoms with Gasteiger partial charge in [0, 0.05) is 10.6 Å². The van der Waals surface area contributed by atoms with Crippen LogP contribution in [0, 0.1) is 12.7 Å². The average molecular weight is 386 g/mol. The molecule has 3 rings (SSSR count). The molecule has 134 valence electrons. The first-order valence-electron chi connectivity index (χ1n) is 8.34. The molecule has 0 radical (unpaired) electrons. The molecule has 26 heavy (non-hydrogen) atoms. The summed E-state index contributed by atoms with van der Waals surface area (Å²) in [6.45, 7) is 2.08. The van der Waals surface area contributed by atoms with Gasteiger partial charge in [0.05, 0.1) is 11.8 Å². The largest absolute Gasteiger partial charge is 0.344 e. The molecule has 0 bridgehead atoms. The molecule has 1 aromatic heterocycles. The normalized spacial score (nSPS) is 11.9. The highest BCUT2D eigenvalue weighted by molar-refractivity contribution is 7.99. The molecule has 1 atom stereocenters. The van der Waals surface area contributed by atoms with Crippen molar-refractivity contribution in [1.29, 1.82) is 0 Å². The molecule has 1 N–H and O–H groups in total. The quantitative estimate of drug-likeness (QED) is 0.595. The molecule has 3 aromatic rings. The number of carbonyl (C=O) groups excluding carboxylic acids is 1. The molecule has 0 fully saturated rings. The first-order chi connectivity index (χ1) is 12.6. The predicted molar refractivity (Wildman–Crippen MR) is 108 cm³/mol. The molecule has 0 saturated carbocycles. The van der Waals surface area contributed by atoms with E-state index < -0.39 is 0 Å². The number of hydrogen-bond acceptors (Lipinski definition) is 3. The maximum absolute atomic E-state index is 13.2. The topological polar surface area (TPSA) is 29.1 Å². The van der Waals surface area contributed by atoms with Gasteiger partial charge in [-0.15, -0.1) is 23.1 Å². The third-order valence-corrected chi connectivity index (χ3v) is 6.01. The van der Waals surface area contributed by atoms with Crippen molar-refractivity contribution in [3.05, 3.63) is 93.4 Å². The van der Waals surface area contributed by atoms with Gasteiger partial charge in [-0.25, -0.2) is 4.39 Å². The van der Waals surface area contributed by atoms with E-state index in [2.05, 4.69) is 24.4 Å². The first kappa shape index (κ1) is 18.7. The number of hydrogen-bond donors (Lipinski definition) is 1. The van der Waals surface area contributed by atoms with Gasteiger partial charge in [-0.3, -0.25) is 4.79 Å². The number of halogens is 1. The van der Waals surface area contributed by atoms with Gasteiger partial charge >= 0.3 is 0 Å². The number of thioether (sulfide) groups is 1. The van der Waals surface area contributed by atoms with E-state index in [9.17, 15) is 9.18 Å². The van der Waals surface area contributed by atoms with Gasteiger partial charge < -0.3 is 5.32 Å². The van der Waals surface area contributed by atoms with E-state index >= 15 is 0 Å². The Labute approximate surface area is 161 Å². The Morgan fingerprint density at radius 2 is 1.88 bits per heavy atom. The third kappa shape index (κ3) is 4.96. The van der Waals surface area contributed by atoms with Gasteiger partial charge in [0.1, 0.15) is 5.82 Å². The van der Waals surface area contributed by atoms with E-state index in [0.717, 1.165) is 16.2 Å². The van der Waals surface area contributed by atoms with Crippen LogP contribution in [-0.2, 0) is 10.5 Å². The van der Waals surface area contributed by atoms with Crippen LogP contribution < -0.4 is 5.32 Å². The van der Waals surface area contributed by atoms with Gasteiger partial charge in [0.15, 0.2) is 0 Å². The summed E-state index contributed by atoms with van der Waals surface area (Å²) >= 11 is 3.18. The molecule has 0 spiro atoms. The summed E-state index contributed by atoms with van der Waals surface area (Å²) < 4.78 is 13.2. The van der Waals surface area contributed by atoms with Crippen LogP contribution in [0.2, 0.25) is 0 Å². The molecule has 2 aromatic carbocycles. The van der Waals surface area contributed by atoms with Crippen LogP contribution in [0.5, 0.6) is 0 Å². The predicted octanol–water partition coefficient (Wildman–Crippen LogP) is 5.33. The molecule has 0 aliphatic rings. The van der Waals surface area contributed by atoms with Crippen molar-refractivity contribution < 1.29 is 9.18 Å². The lowest BCUT2D eigenvalue weighted by molar-refractivity contribution is -0.119. The van der Waals surface area contributed by atoms with Crippen LogP contribution in [0.4, 0.5) is 4.39 Å². The first-order valence-corrected chi connectivity index (χ1v) is 10.4. The molecule has 1 heterocycles. The second kappa shape index (κ2) is 9.01. The Balaban J connectivity index is 1.62. The number of carbonyl (C=O) groups is 1. The summed E-state index contributed by atoms with van der Waals surface area (Å²) in [5, 5.41) is 5.06. The Hall–Kier alpha value is -2.11. The van der Waals surface area contributed by atoms with Gasteiger partial charge in [0.2, 0.25) is 5.91 Å². The van der Waals surface area contributed by atoms with Crippen LogP contribution in [-0.4, -0.2) is 11.7 Å². The lowest BCUT2D eigenvalue weighted by Gasteiger charge is -2.18. The van der Waals surface area contributed by atoms with Gasteiger partial charge in [0.25, 0.3) is 0 Å². The number of benzene rings is 2. The van der Waals surface area contributed by atoms with Crippen molar-refractivity contribution in [3.63, 3.8) is 0 Å². The standard InChI is InChI=1S/C21H20FNOS2/c1-15-5-2-3-6-17(15)13-25-14-20(24)23-21(19-7-4-12-26-19)16-8-10-18(22)11-9-16/h2-12,21H,13-14H2,1H3,(H,23,24)/t21-/m0/s1. The minimum Gasteiger partial charge on any atom is -0.344 e. The number of rotatable bonds is 7. The average Bonchev–Trinajstić information content (AvgIpc) is 3.17. The van der Waals surface area contributed by atoms with Gasteiger partial charge in [-0.2, -0.15) is 0 Å². The van der Waals surface area contributed by atoms with E-state index in [0.29, 0.717) is 5.75 Å². The van der Waals surface area contributed by atoms with Crippen molar-refractivity contribution in [2.24, 2.45) is 0 Å². The zero-order valence-corrected chi connectivity index (χ0v) is 16.1. The van der Waals surface area contributed by atoms with Crippen LogP contribution in [0.3, 0.4) is 0 Å². The highest BCUT2D eigenvalue weighted by Crippen LogP contribution is 2.26. The summed E-state index contributed by atoms with van der Waals surface area (Å²) in [6, 6.07) is 18.2. The molecule has 0 aliphatic heterocycles. The molecule has 0 unspecified atom stereocenters. The zero-order valence-electron chi connectivity index (χ0n) is 14.4. The maximum Gasteiger partial charge on any atom is 0.230 e. The Morgan fingerprint density at radius 3 is 2.58 bits per heavy atom. The second-order valence-corrected chi connectivity index (χ2v) is 7.95. The number of thiophene rings is 1. The van der Waals surface area contributed by atoms with Gasteiger partial charge in [-0.1, -0.05) is 42.5 Å². The van der Waals surface area contributed by atoms with Gasteiger partial charge in [-0.05, 0) is 47.2 Å². The van der Waals surface area contributed by atoms with Crippen LogP contribution in [0.1, 0.15) is 27.6 Å². The Bertz CT molecular complexity index is 847. The Morgan fingerprint density at radius 1 is 1.12 bits per heavy atom. The highest BCUT2D eigenvalue weighted by Gasteiger charge is 2.18. The minimum atomic E-state index is -0.279. The van der Waals surface area contributed by atoms with Crippen LogP contribution >= 0.6 is 23.1 Å². The molecular weight excluding hydrogens is 365 g/mol. The van der Waals surface area contributed by atoms with E-state index in [-0.39, 0.29) is 17.8 Å². The van der Waals surface area contributed by atoms with E-state index in [1.165, 1.54) is 23.3 Å². The summed E-state index contributed by atoms with van der Waals surface area (Å²) in [6.07, 6.45) is 0. The van der Waals surface area contributed by atoms with Crippen molar-refractivity contribution in [3.8, 4) is 0 Å². The fraction of sp³-hybridized carbons (Fsp3) is 0.190. The summed E-state index contributed by atoms with van der Waals surface area (Å²) in [5.41, 5.74) is 3.37. The number of aryl methyl sites for hydroxylation is 1. The third-order valence-electron chi connectivity index (χ3n) is 4.09. The number of nitrogens with one attached hydrogen (secondary N) is 1. The van der Waals surface area contributed by atoms with Crippen molar-refractivity contribution in [1.82, 2.24) is 5.32 Å². The molecule has 2 nitrogen and oxygen atoms in total. The van der Waals surface area contributed by atoms with Crippen LogP contribution in [0.25, 0.3) is 0 Å². The highest BCUT2D eigenvalue weighted by atomic mass is 32.2. The van der Waals surface area contributed by atoms with E-state index in [4.69, 9.17) is 0 Å². The SMILES string of the molecule is Cc1ccccc1CSCC(=O)N[C@@H](c1ccc(F)cc1)c1cccs1. The monoisotopic (exact) mass is 385 g/mol. The Kier molecular flexibility index (Phi) is 6.47. The molecule has 0 saturated heterocycles. The molecule has 1 amide bonds. The zero-order chi connectivity index (χ0) is 18.4. The van der Waals surface area contributed by atoms with E-state index in [1.807, 2.05) is 29.6 Å². The van der Waals surface area contributed by atoms with Crippen molar-refractivity contribution >= 4 is 29.0 Å². The molecule has 0 aliphatic carbocycles. The van der Waals surface area contributed by atoms with E-state index in [1.54, 1.807) is 35.2 Å². The summed E-state index contributed by atoms with van der Waals surface area (Å²) in [7, 11) is 0. The number of amides is 1. The second-order valence-electron chi connectivity index (χ2n) is 5.99. The maximum atomic E-state index is 13.2. The lowest BCUT2D eigenvalue weighted by atomic mass is 10.1. The fourth-order valence-electron chi connectivity index (χ4n) is 2.66.